The van der Waals surface area contributed by atoms with Crippen LogP contribution in [0.1, 0.15) is 24.0 Å². The number of rotatable bonds is 7. The average molecular weight is 322 g/mol. The maximum Gasteiger partial charge on any atom is 0.256 e. The fourth-order valence-electron chi connectivity index (χ4n) is 2.91. The van der Waals surface area contributed by atoms with E-state index in [4.69, 9.17) is 10.2 Å². The Labute approximate surface area is 136 Å². The molecule has 6 nitrogen and oxygen atoms in total. The van der Waals surface area contributed by atoms with Gasteiger partial charge in [0.25, 0.3) is 5.91 Å². The number of aryl methyl sites for hydroxylation is 1. The lowest BCUT2D eigenvalue weighted by molar-refractivity contribution is -0.157. The quantitative estimate of drug-likeness (QED) is 0.557. The van der Waals surface area contributed by atoms with Gasteiger partial charge in [0, 0.05) is 19.6 Å². The number of hydrogen-bond donors (Lipinski definition) is 4. The molecule has 0 spiro atoms. The van der Waals surface area contributed by atoms with Crippen molar-refractivity contribution in [3.8, 4) is 0 Å². The lowest BCUT2D eigenvalue weighted by Gasteiger charge is -2.39. The number of nitrogens with zero attached hydrogens (tertiary/aromatic N) is 1. The molecular formula is C17H26N2O4. The van der Waals surface area contributed by atoms with Crippen LogP contribution in [0.2, 0.25) is 0 Å². The van der Waals surface area contributed by atoms with E-state index in [9.17, 15) is 9.90 Å². The third-order valence-corrected chi connectivity index (χ3v) is 4.28. The van der Waals surface area contributed by atoms with E-state index in [0.29, 0.717) is 19.5 Å². The summed E-state index contributed by atoms with van der Waals surface area (Å²) in [5.74, 6) is -0.299. The smallest absolute Gasteiger partial charge is 0.256 e. The molecule has 0 aliphatic carbocycles. The van der Waals surface area contributed by atoms with Gasteiger partial charge in [0.2, 0.25) is 0 Å². The van der Waals surface area contributed by atoms with E-state index in [2.05, 4.69) is 5.32 Å². The molecule has 1 amide bonds. The van der Waals surface area contributed by atoms with Gasteiger partial charge in [-0.2, -0.15) is 0 Å². The third-order valence-electron chi connectivity index (χ3n) is 4.28. The second-order valence-electron chi connectivity index (χ2n) is 6.29. The van der Waals surface area contributed by atoms with Crippen molar-refractivity contribution in [1.82, 2.24) is 10.2 Å². The third kappa shape index (κ3) is 4.51. The Morgan fingerprint density at radius 2 is 2.09 bits per heavy atom. The normalized spacial score (nSPS) is 22.0. The monoisotopic (exact) mass is 322 g/mol. The molecule has 1 atom stereocenters. The second-order valence-corrected chi connectivity index (χ2v) is 6.29. The van der Waals surface area contributed by atoms with Crippen LogP contribution in [0.15, 0.2) is 24.3 Å². The van der Waals surface area contributed by atoms with Crippen molar-refractivity contribution in [2.75, 3.05) is 26.3 Å². The maximum atomic E-state index is 12.6. The maximum absolute atomic E-state index is 12.6. The van der Waals surface area contributed by atoms with E-state index in [-0.39, 0.29) is 25.7 Å². The number of likely N-dealkylation sites (tertiary alicyclic amines) is 1. The van der Waals surface area contributed by atoms with E-state index in [1.54, 1.807) is 4.90 Å². The lowest BCUT2D eigenvalue weighted by atomic mass is 9.91. The van der Waals surface area contributed by atoms with E-state index in [1.807, 2.05) is 31.2 Å². The number of aliphatic hydroxyl groups is 3. The van der Waals surface area contributed by atoms with E-state index in [1.165, 1.54) is 0 Å². The lowest BCUT2D eigenvalue weighted by Crippen LogP contribution is -2.59. The zero-order valence-electron chi connectivity index (χ0n) is 13.5. The molecular weight excluding hydrogens is 296 g/mol. The number of carbonyl (C=O) groups is 1. The van der Waals surface area contributed by atoms with Gasteiger partial charge in [0.05, 0.1) is 19.3 Å². The summed E-state index contributed by atoms with van der Waals surface area (Å²) in [6.07, 6.45) is 1.10. The Morgan fingerprint density at radius 1 is 1.35 bits per heavy atom. The Balaban J connectivity index is 2.02. The molecule has 1 aliphatic rings. The van der Waals surface area contributed by atoms with E-state index >= 15 is 0 Å². The highest BCUT2D eigenvalue weighted by atomic mass is 16.3. The van der Waals surface area contributed by atoms with Crippen molar-refractivity contribution in [2.24, 2.45) is 0 Å². The van der Waals surface area contributed by atoms with Crippen LogP contribution in [0, 0.1) is 6.92 Å². The summed E-state index contributed by atoms with van der Waals surface area (Å²) >= 11 is 0. The van der Waals surface area contributed by atoms with Gasteiger partial charge in [0.15, 0.2) is 5.60 Å². The van der Waals surface area contributed by atoms with Crippen LogP contribution >= 0.6 is 0 Å². The zero-order chi connectivity index (χ0) is 16.9. The summed E-state index contributed by atoms with van der Waals surface area (Å²) < 4.78 is 0. The van der Waals surface area contributed by atoms with Gasteiger partial charge in [-0.05, 0) is 25.3 Å². The van der Waals surface area contributed by atoms with Crippen molar-refractivity contribution >= 4 is 5.91 Å². The minimum absolute atomic E-state index is 0.0297. The first-order valence-electron chi connectivity index (χ1n) is 8.01. The van der Waals surface area contributed by atoms with Crippen LogP contribution in [-0.2, 0) is 11.3 Å². The summed E-state index contributed by atoms with van der Waals surface area (Å²) in [5.41, 5.74) is 0.696. The number of benzene rings is 1. The van der Waals surface area contributed by atoms with E-state index < -0.39 is 11.6 Å². The minimum atomic E-state index is -1.48. The molecule has 128 valence electrons. The van der Waals surface area contributed by atoms with Gasteiger partial charge in [-0.1, -0.05) is 29.8 Å². The number of aliphatic hydroxyl groups excluding tert-OH is 2. The first-order chi connectivity index (χ1) is 11.0. The molecule has 6 heteroatoms. The summed E-state index contributed by atoms with van der Waals surface area (Å²) in [6.45, 7) is 2.65. The molecule has 1 heterocycles. The molecule has 4 N–H and O–H groups in total. The number of amides is 1. The van der Waals surface area contributed by atoms with Crippen molar-refractivity contribution < 1.29 is 20.1 Å². The van der Waals surface area contributed by atoms with Crippen LogP contribution in [0.25, 0.3) is 0 Å². The minimum Gasteiger partial charge on any atom is -0.395 e. The first kappa shape index (κ1) is 17.9. The van der Waals surface area contributed by atoms with Crippen molar-refractivity contribution in [1.29, 1.82) is 0 Å². The van der Waals surface area contributed by atoms with Crippen LogP contribution in [0.4, 0.5) is 0 Å². The van der Waals surface area contributed by atoms with Gasteiger partial charge >= 0.3 is 0 Å². The molecule has 0 radical (unpaired) electrons. The van der Waals surface area contributed by atoms with Crippen LogP contribution in [0.5, 0.6) is 0 Å². The standard InChI is InChI=1S/C17H26N2O4/c1-13-4-2-5-14(8-13)9-19-7-3-6-17(23,16(19)22)12-18-15(10-20)11-21/h2,4-5,8,15,18,20-21,23H,3,6-7,9-12H2,1H3/t17-/m1/s1. The first-order valence-corrected chi connectivity index (χ1v) is 8.01. The Morgan fingerprint density at radius 3 is 2.74 bits per heavy atom. The molecule has 0 unspecified atom stereocenters. The number of nitrogens with one attached hydrogen (secondary N) is 1. The molecule has 0 aromatic heterocycles. The summed E-state index contributed by atoms with van der Waals surface area (Å²) in [5, 5.41) is 31.7. The Bertz CT molecular complexity index is 533. The van der Waals surface area contributed by atoms with Crippen LogP contribution < -0.4 is 5.32 Å². The van der Waals surface area contributed by atoms with Crippen LogP contribution in [0.3, 0.4) is 0 Å². The van der Waals surface area contributed by atoms with Gasteiger partial charge < -0.3 is 25.5 Å². The highest BCUT2D eigenvalue weighted by molar-refractivity contribution is 5.86. The molecule has 0 saturated carbocycles. The molecule has 23 heavy (non-hydrogen) atoms. The zero-order valence-corrected chi connectivity index (χ0v) is 13.5. The molecule has 2 rings (SSSR count). The number of hydrogen-bond acceptors (Lipinski definition) is 5. The summed E-state index contributed by atoms with van der Waals surface area (Å²) in [6, 6.07) is 7.44. The summed E-state index contributed by atoms with van der Waals surface area (Å²) in [4.78, 5) is 14.3. The van der Waals surface area contributed by atoms with Crippen LogP contribution in [-0.4, -0.2) is 64.1 Å². The van der Waals surface area contributed by atoms with Gasteiger partial charge in [-0.3, -0.25) is 4.79 Å². The van der Waals surface area contributed by atoms with Gasteiger partial charge in [-0.25, -0.2) is 0 Å². The fraction of sp³-hybridized carbons (Fsp3) is 0.588. The fourth-order valence-corrected chi connectivity index (χ4v) is 2.91. The second kappa shape index (κ2) is 7.88. The molecule has 1 aromatic rings. The number of piperidine rings is 1. The predicted molar refractivity (Wildman–Crippen MR) is 86.7 cm³/mol. The topological polar surface area (TPSA) is 93.0 Å². The molecule has 0 bridgehead atoms. The van der Waals surface area contributed by atoms with Crippen molar-refractivity contribution in [2.45, 2.75) is 38.0 Å². The highest BCUT2D eigenvalue weighted by Crippen LogP contribution is 2.24. The highest BCUT2D eigenvalue weighted by Gasteiger charge is 2.42. The van der Waals surface area contributed by atoms with Gasteiger partial charge in [0.1, 0.15) is 0 Å². The molecule has 1 fully saturated rings. The van der Waals surface area contributed by atoms with Gasteiger partial charge in [-0.15, -0.1) is 0 Å². The van der Waals surface area contributed by atoms with Crippen molar-refractivity contribution in [3.63, 3.8) is 0 Å². The SMILES string of the molecule is Cc1cccc(CN2CCC[C@@](O)(CNC(CO)CO)C2=O)c1. The molecule has 1 saturated heterocycles. The average Bonchev–Trinajstić information content (AvgIpc) is 2.53. The Kier molecular flexibility index (Phi) is 6.12. The molecule has 1 aromatic carbocycles. The largest absolute Gasteiger partial charge is 0.395 e. The number of carbonyl (C=O) groups excluding carboxylic acids is 1. The van der Waals surface area contributed by atoms with Crippen molar-refractivity contribution in [3.05, 3.63) is 35.4 Å². The Hall–Kier alpha value is -1.47. The summed E-state index contributed by atoms with van der Waals surface area (Å²) in [7, 11) is 0. The predicted octanol–water partition coefficient (Wildman–Crippen LogP) is -0.209. The van der Waals surface area contributed by atoms with E-state index in [0.717, 1.165) is 17.5 Å². The molecule has 1 aliphatic heterocycles.